The number of hydrogen-bond acceptors (Lipinski definition) is 3. The number of benzene rings is 1. The van der Waals surface area contributed by atoms with Gasteiger partial charge in [-0.25, -0.2) is 0 Å². The number of halogens is 2. The molecular weight excluding hydrogens is 349 g/mol. The lowest BCUT2D eigenvalue weighted by atomic mass is 10.2. The summed E-state index contributed by atoms with van der Waals surface area (Å²) < 4.78 is 0. The smallest absolute Gasteiger partial charge is 0.274 e. The molecule has 1 saturated heterocycles. The Morgan fingerprint density at radius 2 is 1.75 bits per heavy atom. The van der Waals surface area contributed by atoms with Crippen molar-refractivity contribution in [2.45, 2.75) is 12.8 Å². The fraction of sp³-hybridized carbons (Fsp3) is 0.235. The topological polar surface area (TPSA) is 62.3 Å². The molecule has 0 bridgehead atoms. The first kappa shape index (κ1) is 16.7. The summed E-state index contributed by atoms with van der Waals surface area (Å²) in [4.78, 5) is 30.6. The van der Waals surface area contributed by atoms with E-state index in [2.05, 4.69) is 10.3 Å². The standard InChI is InChI=1S/C17H15Cl2N3O2/c18-12-4-3-5-13(19)15(12)21-16(23)14-10-11(6-7-20-14)17(24)22-8-1-2-9-22/h3-7,10H,1-2,8-9H2,(H,21,23). The average Bonchev–Trinajstić information content (AvgIpc) is 3.12. The number of carbonyl (C=O) groups excluding carboxylic acids is 2. The van der Waals surface area contributed by atoms with Gasteiger partial charge in [0.2, 0.25) is 0 Å². The van der Waals surface area contributed by atoms with E-state index < -0.39 is 5.91 Å². The highest BCUT2D eigenvalue weighted by molar-refractivity contribution is 6.40. The third-order valence-corrected chi connectivity index (χ3v) is 4.46. The molecule has 1 N–H and O–H groups in total. The van der Waals surface area contributed by atoms with Crippen molar-refractivity contribution < 1.29 is 9.59 Å². The van der Waals surface area contributed by atoms with Gasteiger partial charge in [-0.3, -0.25) is 14.6 Å². The van der Waals surface area contributed by atoms with Crippen LogP contribution in [-0.4, -0.2) is 34.8 Å². The molecule has 0 atom stereocenters. The van der Waals surface area contributed by atoms with Gasteiger partial charge in [0.05, 0.1) is 15.7 Å². The zero-order valence-corrected chi connectivity index (χ0v) is 14.3. The van der Waals surface area contributed by atoms with Crippen molar-refractivity contribution in [1.29, 1.82) is 0 Å². The van der Waals surface area contributed by atoms with Crippen LogP contribution in [0, 0.1) is 0 Å². The molecule has 2 amide bonds. The van der Waals surface area contributed by atoms with E-state index in [0.717, 1.165) is 25.9 Å². The first-order chi connectivity index (χ1) is 11.6. The van der Waals surface area contributed by atoms with E-state index in [1.54, 1.807) is 29.2 Å². The van der Waals surface area contributed by atoms with Gasteiger partial charge in [-0.15, -0.1) is 0 Å². The van der Waals surface area contributed by atoms with Crippen molar-refractivity contribution in [1.82, 2.24) is 9.88 Å². The van der Waals surface area contributed by atoms with Crippen LogP contribution in [0.1, 0.15) is 33.7 Å². The maximum Gasteiger partial charge on any atom is 0.274 e. The normalized spacial score (nSPS) is 13.8. The van der Waals surface area contributed by atoms with Gasteiger partial charge in [0, 0.05) is 24.8 Å². The summed E-state index contributed by atoms with van der Waals surface area (Å²) in [6, 6.07) is 8.04. The predicted molar refractivity (Wildman–Crippen MR) is 93.8 cm³/mol. The van der Waals surface area contributed by atoms with Gasteiger partial charge in [-0.05, 0) is 37.1 Å². The Bertz CT molecular complexity index is 769. The molecule has 0 aliphatic carbocycles. The van der Waals surface area contributed by atoms with E-state index in [9.17, 15) is 9.59 Å². The lowest BCUT2D eigenvalue weighted by Crippen LogP contribution is -2.28. The Balaban J connectivity index is 1.80. The van der Waals surface area contributed by atoms with E-state index in [1.807, 2.05) is 0 Å². The van der Waals surface area contributed by atoms with Gasteiger partial charge in [-0.2, -0.15) is 0 Å². The SMILES string of the molecule is O=C(Nc1c(Cl)cccc1Cl)c1cc(C(=O)N2CCCC2)ccn1. The number of rotatable bonds is 3. The molecule has 1 aliphatic rings. The van der Waals surface area contributed by atoms with Crippen LogP contribution in [0.25, 0.3) is 0 Å². The zero-order chi connectivity index (χ0) is 17.1. The van der Waals surface area contributed by atoms with Crippen molar-refractivity contribution in [3.8, 4) is 0 Å². The summed E-state index contributed by atoms with van der Waals surface area (Å²) in [5.74, 6) is -0.555. The Hall–Kier alpha value is -2.11. The van der Waals surface area contributed by atoms with Crippen molar-refractivity contribution in [2.24, 2.45) is 0 Å². The number of likely N-dealkylation sites (tertiary alicyclic amines) is 1. The van der Waals surface area contributed by atoms with E-state index >= 15 is 0 Å². The van der Waals surface area contributed by atoms with Gasteiger partial charge in [-0.1, -0.05) is 29.3 Å². The Morgan fingerprint density at radius 3 is 2.42 bits per heavy atom. The second kappa shape index (κ2) is 7.20. The number of pyridine rings is 1. The van der Waals surface area contributed by atoms with Gasteiger partial charge in [0.25, 0.3) is 11.8 Å². The van der Waals surface area contributed by atoms with Gasteiger partial charge >= 0.3 is 0 Å². The lowest BCUT2D eigenvalue weighted by Gasteiger charge is -2.15. The zero-order valence-electron chi connectivity index (χ0n) is 12.8. The fourth-order valence-electron chi connectivity index (χ4n) is 2.59. The maximum atomic E-state index is 12.4. The van der Waals surface area contributed by atoms with Crippen LogP contribution < -0.4 is 5.32 Å². The lowest BCUT2D eigenvalue weighted by molar-refractivity contribution is 0.0792. The number of anilines is 1. The number of para-hydroxylation sites is 1. The van der Waals surface area contributed by atoms with Gasteiger partial charge < -0.3 is 10.2 Å². The Kier molecular flexibility index (Phi) is 5.02. The summed E-state index contributed by atoms with van der Waals surface area (Å²) in [5.41, 5.74) is 0.905. The number of aromatic nitrogens is 1. The van der Waals surface area contributed by atoms with Crippen LogP contribution in [0.3, 0.4) is 0 Å². The minimum absolute atomic E-state index is 0.0836. The summed E-state index contributed by atoms with van der Waals surface area (Å²) in [6.45, 7) is 1.50. The second-order valence-electron chi connectivity index (χ2n) is 5.48. The minimum atomic E-state index is -0.471. The molecule has 0 spiro atoms. The summed E-state index contributed by atoms with van der Waals surface area (Å²) in [5, 5.41) is 3.31. The summed E-state index contributed by atoms with van der Waals surface area (Å²) in [7, 11) is 0. The van der Waals surface area contributed by atoms with Crippen molar-refractivity contribution >= 4 is 40.7 Å². The first-order valence-corrected chi connectivity index (χ1v) is 8.32. The van der Waals surface area contributed by atoms with Crippen LogP contribution in [0.4, 0.5) is 5.69 Å². The molecule has 24 heavy (non-hydrogen) atoms. The third kappa shape index (κ3) is 3.52. The summed E-state index contributed by atoms with van der Waals surface area (Å²) in [6.07, 6.45) is 3.47. The molecule has 5 nitrogen and oxygen atoms in total. The molecule has 0 saturated carbocycles. The van der Waals surface area contributed by atoms with E-state index in [0.29, 0.717) is 21.3 Å². The molecule has 2 aromatic rings. The van der Waals surface area contributed by atoms with Crippen LogP contribution in [0.2, 0.25) is 10.0 Å². The molecule has 0 radical (unpaired) electrons. The molecule has 7 heteroatoms. The van der Waals surface area contributed by atoms with E-state index in [4.69, 9.17) is 23.2 Å². The first-order valence-electron chi connectivity index (χ1n) is 7.57. The highest BCUT2D eigenvalue weighted by Gasteiger charge is 2.21. The van der Waals surface area contributed by atoms with Crippen LogP contribution in [0.5, 0.6) is 0 Å². The Labute approximate surface area is 149 Å². The summed E-state index contributed by atoms with van der Waals surface area (Å²) >= 11 is 12.1. The number of carbonyl (C=O) groups is 2. The molecule has 1 aliphatic heterocycles. The van der Waals surface area contributed by atoms with Crippen LogP contribution in [0.15, 0.2) is 36.5 Å². The Morgan fingerprint density at radius 1 is 1.08 bits per heavy atom. The molecule has 1 fully saturated rings. The molecular formula is C17H15Cl2N3O2. The highest BCUT2D eigenvalue weighted by Crippen LogP contribution is 2.30. The quantitative estimate of drug-likeness (QED) is 0.899. The molecule has 124 valence electrons. The van der Waals surface area contributed by atoms with E-state index in [1.165, 1.54) is 12.3 Å². The van der Waals surface area contributed by atoms with E-state index in [-0.39, 0.29) is 11.6 Å². The fourth-order valence-corrected chi connectivity index (χ4v) is 3.08. The van der Waals surface area contributed by atoms with Crippen LogP contribution >= 0.6 is 23.2 Å². The number of nitrogens with one attached hydrogen (secondary N) is 1. The minimum Gasteiger partial charge on any atom is -0.339 e. The van der Waals surface area contributed by atoms with Crippen molar-refractivity contribution in [3.63, 3.8) is 0 Å². The number of hydrogen-bond donors (Lipinski definition) is 1. The van der Waals surface area contributed by atoms with Crippen LogP contribution in [-0.2, 0) is 0 Å². The second-order valence-corrected chi connectivity index (χ2v) is 6.29. The van der Waals surface area contributed by atoms with Crippen molar-refractivity contribution in [2.75, 3.05) is 18.4 Å². The van der Waals surface area contributed by atoms with Gasteiger partial charge in [0.1, 0.15) is 5.69 Å². The number of nitrogens with zero attached hydrogens (tertiary/aromatic N) is 2. The molecule has 3 rings (SSSR count). The maximum absolute atomic E-state index is 12.4. The monoisotopic (exact) mass is 363 g/mol. The predicted octanol–water partition coefficient (Wildman–Crippen LogP) is 3.88. The van der Waals surface area contributed by atoms with Crippen molar-refractivity contribution in [3.05, 3.63) is 57.8 Å². The molecule has 1 aromatic heterocycles. The molecule has 1 aromatic carbocycles. The highest BCUT2D eigenvalue weighted by atomic mass is 35.5. The number of amides is 2. The van der Waals surface area contributed by atoms with Gasteiger partial charge in [0.15, 0.2) is 0 Å². The molecule has 2 heterocycles. The molecule has 0 unspecified atom stereocenters. The largest absolute Gasteiger partial charge is 0.339 e. The average molecular weight is 364 g/mol. The third-order valence-electron chi connectivity index (χ3n) is 3.83.